The molecule has 2 aromatic carbocycles. The number of benzene rings is 2. The summed E-state index contributed by atoms with van der Waals surface area (Å²) in [6.07, 6.45) is 0.0536. The van der Waals surface area contributed by atoms with Crippen LogP contribution >= 0.6 is 0 Å². The van der Waals surface area contributed by atoms with E-state index in [1.807, 2.05) is 51.2 Å². The summed E-state index contributed by atoms with van der Waals surface area (Å²) in [6, 6.07) is 12.7. The first-order chi connectivity index (χ1) is 12.7. The van der Waals surface area contributed by atoms with E-state index in [0.717, 1.165) is 17.8 Å². The van der Waals surface area contributed by atoms with Crippen molar-refractivity contribution in [3.05, 3.63) is 53.6 Å². The molecule has 0 atom stereocenters. The highest BCUT2D eigenvalue weighted by atomic mass is 32.2. The third-order valence-electron chi connectivity index (χ3n) is 4.31. The zero-order chi connectivity index (χ0) is 20.0. The maximum absolute atomic E-state index is 12.4. The summed E-state index contributed by atoms with van der Waals surface area (Å²) in [5.74, 6) is -0.241. The molecule has 2 aromatic rings. The summed E-state index contributed by atoms with van der Waals surface area (Å²) in [6.45, 7) is 6.61. The molecular formula is C20H27N3O3S. The van der Waals surface area contributed by atoms with Crippen LogP contribution in [0.5, 0.6) is 0 Å². The van der Waals surface area contributed by atoms with Crippen LogP contribution in [0.1, 0.15) is 24.5 Å². The fourth-order valence-corrected chi connectivity index (χ4v) is 3.96. The minimum Gasteiger partial charge on any atom is -0.375 e. The van der Waals surface area contributed by atoms with Gasteiger partial charge in [-0.3, -0.25) is 4.79 Å². The lowest BCUT2D eigenvalue weighted by Crippen LogP contribution is -2.28. The number of nitrogens with zero attached hydrogens (tertiary/aromatic N) is 1. The molecule has 0 heterocycles. The number of amides is 1. The number of aryl methyl sites for hydroxylation is 2. The Labute approximate surface area is 161 Å². The Morgan fingerprint density at radius 2 is 1.85 bits per heavy atom. The Kier molecular flexibility index (Phi) is 6.98. The summed E-state index contributed by atoms with van der Waals surface area (Å²) in [7, 11) is -1.66. The molecule has 0 radical (unpaired) electrons. The van der Waals surface area contributed by atoms with Gasteiger partial charge in [-0.25, -0.2) is 13.1 Å². The van der Waals surface area contributed by atoms with E-state index in [0.29, 0.717) is 11.3 Å². The highest BCUT2D eigenvalue weighted by Gasteiger charge is 2.16. The van der Waals surface area contributed by atoms with Gasteiger partial charge in [0.05, 0.1) is 4.90 Å². The molecule has 0 unspecified atom stereocenters. The molecule has 0 saturated carbocycles. The number of rotatable bonds is 8. The van der Waals surface area contributed by atoms with Crippen molar-refractivity contribution in [1.82, 2.24) is 4.72 Å². The first kappa shape index (κ1) is 20.9. The number of nitrogens with one attached hydrogen (secondary N) is 2. The van der Waals surface area contributed by atoms with Crippen LogP contribution in [0.3, 0.4) is 0 Å². The number of carbonyl (C=O) groups is 1. The molecule has 146 valence electrons. The molecule has 0 aliphatic carbocycles. The van der Waals surface area contributed by atoms with Crippen molar-refractivity contribution in [2.24, 2.45) is 0 Å². The Morgan fingerprint density at radius 3 is 2.52 bits per heavy atom. The molecule has 0 bridgehead atoms. The van der Waals surface area contributed by atoms with Gasteiger partial charge in [0.1, 0.15) is 0 Å². The van der Waals surface area contributed by atoms with E-state index in [1.165, 1.54) is 0 Å². The predicted molar refractivity (Wildman–Crippen MR) is 110 cm³/mol. The van der Waals surface area contributed by atoms with E-state index in [9.17, 15) is 13.2 Å². The Bertz CT molecular complexity index is 910. The normalized spacial score (nSPS) is 11.3. The second-order valence-electron chi connectivity index (χ2n) is 6.53. The van der Waals surface area contributed by atoms with Gasteiger partial charge < -0.3 is 10.2 Å². The average molecular weight is 390 g/mol. The van der Waals surface area contributed by atoms with Crippen LogP contribution in [0.25, 0.3) is 0 Å². The van der Waals surface area contributed by atoms with Crippen molar-refractivity contribution < 1.29 is 13.2 Å². The zero-order valence-corrected chi connectivity index (χ0v) is 17.1. The van der Waals surface area contributed by atoms with E-state index in [2.05, 4.69) is 14.9 Å². The Balaban J connectivity index is 1.92. The fraction of sp³-hybridized carbons (Fsp3) is 0.350. The van der Waals surface area contributed by atoms with Crippen molar-refractivity contribution in [1.29, 1.82) is 0 Å². The van der Waals surface area contributed by atoms with E-state index >= 15 is 0 Å². The second-order valence-corrected chi connectivity index (χ2v) is 8.26. The zero-order valence-electron chi connectivity index (χ0n) is 16.2. The van der Waals surface area contributed by atoms with Crippen molar-refractivity contribution in [2.75, 3.05) is 30.4 Å². The van der Waals surface area contributed by atoms with Crippen LogP contribution in [-0.4, -0.2) is 34.5 Å². The summed E-state index contributed by atoms with van der Waals surface area (Å²) >= 11 is 0. The van der Waals surface area contributed by atoms with Crippen LogP contribution in [0, 0.1) is 13.8 Å². The third kappa shape index (κ3) is 5.80. The molecule has 7 heteroatoms. The van der Waals surface area contributed by atoms with Gasteiger partial charge in [0.2, 0.25) is 15.9 Å². The van der Waals surface area contributed by atoms with Crippen molar-refractivity contribution in [3.63, 3.8) is 0 Å². The maximum atomic E-state index is 12.4. The van der Waals surface area contributed by atoms with E-state index in [4.69, 9.17) is 0 Å². The van der Waals surface area contributed by atoms with Gasteiger partial charge in [-0.1, -0.05) is 23.8 Å². The van der Waals surface area contributed by atoms with Crippen molar-refractivity contribution >= 4 is 27.3 Å². The number of hydrogen-bond acceptors (Lipinski definition) is 4. The van der Waals surface area contributed by atoms with Gasteiger partial charge in [-0.15, -0.1) is 0 Å². The van der Waals surface area contributed by atoms with Gasteiger partial charge in [-0.2, -0.15) is 0 Å². The van der Waals surface area contributed by atoms with Crippen LogP contribution in [-0.2, 0) is 14.8 Å². The molecule has 27 heavy (non-hydrogen) atoms. The van der Waals surface area contributed by atoms with Crippen LogP contribution < -0.4 is 14.9 Å². The molecule has 2 rings (SSSR count). The summed E-state index contributed by atoms with van der Waals surface area (Å²) in [4.78, 5) is 14.4. The molecule has 2 N–H and O–H groups in total. The predicted octanol–water partition coefficient (Wildman–Crippen LogP) is 3.07. The average Bonchev–Trinajstić information content (AvgIpc) is 2.60. The second kappa shape index (κ2) is 9.01. The molecule has 0 saturated heterocycles. The Hall–Kier alpha value is -2.38. The standard InChI is InChI=1S/C20H27N3O3S/c1-5-23(4)18-8-6-7-17(14-18)22-20(24)11-12-21-27(25,26)19-10-9-15(2)13-16(19)3/h6-10,13-14,21H,5,11-12H2,1-4H3,(H,22,24). The third-order valence-corrected chi connectivity index (χ3v) is 5.93. The number of hydrogen-bond donors (Lipinski definition) is 2. The lowest BCUT2D eigenvalue weighted by Gasteiger charge is -2.17. The van der Waals surface area contributed by atoms with Crippen molar-refractivity contribution in [3.8, 4) is 0 Å². The first-order valence-corrected chi connectivity index (χ1v) is 10.4. The smallest absolute Gasteiger partial charge is 0.240 e. The molecular weight excluding hydrogens is 362 g/mol. The van der Waals surface area contributed by atoms with E-state index < -0.39 is 10.0 Å². The van der Waals surface area contributed by atoms with Crippen molar-refractivity contribution in [2.45, 2.75) is 32.1 Å². The number of anilines is 2. The molecule has 0 spiro atoms. The molecule has 0 aliphatic heterocycles. The lowest BCUT2D eigenvalue weighted by molar-refractivity contribution is -0.116. The summed E-state index contributed by atoms with van der Waals surface area (Å²) < 4.78 is 27.3. The molecule has 6 nitrogen and oxygen atoms in total. The molecule has 0 aromatic heterocycles. The number of carbonyl (C=O) groups excluding carboxylic acids is 1. The van der Waals surface area contributed by atoms with Gasteiger partial charge in [-0.05, 0) is 50.6 Å². The summed E-state index contributed by atoms with van der Waals surface area (Å²) in [5, 5.41) is 2.81. The SMILES string of the molecule is CCN(C)c1cccc(NC(=O)CCNS(=O)(=O)c2ccc(C)cc2C)c1. The summed E-state index contributed by atoms with van der Waals surface area (Å²) in [5.41, 5.74) is 3.38. The quantitative estimate of drug-likeness (QED) is 0.727. The largest absolute Gasteiger partial charge is 0.375 e. The topological polar surface area (TPSA) is 78.5 Å². The van der Waals surface area contributed by atoms with E-state index in [1.54, 1.807) is 19.1 Å². The highest BCUT2D eigenvalue weighted by molar-refractivity contribution is 7.89. The van der Waals surface area contributed by atoms with Gasteiger partial charge in [0, 0.05) is 37.9 Å². The lowest BCUT2D eigenvalue weighted by atomic mass is 10.2. The first-order valence-electron chi connectivity index (χ1n) is 8.91. The van der Waals surface area contributed by atoms with Gasteiger partial charge >= 0.3 is 0 Å². The highest BCUT2D eigenvalue weighted by Crippen LogP contribution is 2.19. The van der Waals surface area contributed by atoms with Crippen LogP contribution in [0.2, 0.25) is 0 Å². The fourth-order valence-electron chi connectivity index (χ4n) is 2.70. The maximum Gasteiger partial charge on any atom is 0.240 e. The minimum absolute atomic E-state index is 0.0377. The molecule has 0 aliphatic rings. The van der Waals surface area contributed by atoms with Gasteiger partial charge in [0.25, 0.3) is 0 Å². The Morgan fingerprint density at radius 1 is 1.11 bits per heavy atom. The molecule has 0 fully saturated rings. The van der Waals surface area contributed by atoms with Crippen LogP contribution in [0.15, 0.2) is 47.4 Å². The number of sulfonamides is 1. The monoisotopic (exact) mass is 389 g/mol. The minimum atomic E-state index is -3.63. The van der Waals surface area contributed by atoms with Crippen LogP contribution in [0.4, 0.5) is 11.4 Å². The van der Waals surface area contributed by atoms with E-state index in [-0.39, 0.29) is 23.8 Å². The van der Waals surface area contributed by atoms with Gasteiger partial charge in [0.15, 0.2) is 0 Å². The molecule has 1 amide bonds.